The lowest BCUT2D eigenvalue weighted by Gasteiger charge is -2.19. The summed E-state index contributed by atoms with van der Waals surface area (Å²) in [6.07, 6.45) is 1.79. The number of aromatic nitrogens is 2. The minimum atomic E-state index is -0.0174. The van der Waals surface area contributed by atoms with Gasteiger partial charge in [-0.3, -0.25) is 4.98 Å². The first-order chi connectivity index (χ1) is 18.5. The summed E-state index contributed by atoms with van der Waals surface area (Å²) in [7, 11) is 0. The third kappa shape index (κ3) is 3.19. The lowest BCUT2D eigenvalue weighted by Crippen LogP contribution is -2.11. The van der Waals surface area contributed by atoms with Crippen LogP contribution in [0.25, 0.3) is 60.7 Å². The molecule has 4 nitrogen and oxygen atoms in total. The number of furan rings is 1. The maximum absolute atomic E-state index is 10.3. The highest BCUT2D eigenvalue weighted by Gasteiger charge is 2.23. The highest BCUT2D eigenvalue weighted by atomic mass is 16.3. The van der Waals surface area contributed by atoms with Crippen LogP contribution in [0.4, 0.5) is 0 Å². The van der Waals surface area contributed by atoms with Gasteiger partial charge in [-0.1, -0.05) is 69.3 Å². The molecule has 3 heterocycles. The zero-order valence-electron chi connectivity index (χ0n) is 21.5. The summed E-state index contributed by atoms with van der Waals surface area (Å²) in [5.74, 6) is 0. The average molecular weight is 492 g/mol. The van der Waals surface area contributed by atoms with Crippen LogP contribution in [0.3, 0.4) is 0 Å². The second-order valence-corrected chi connectivity index (χ2v) is 10.8. The van der Waals surface area contributed by atoms with Crippen LogP contribution < -0.4 is 0 Å². The molecule has 0 unspecified atom stereocenters. The second kappa shape index (κ2) is 8.06. The molecule has 182 valence electrons. The van der Waals surface area contributed by atoms with Gasteiger partial charge in [0.1, 0.15) is 17.3 Å². The minimum absolute atomic E-state index is 0.0174. The van der Waals surface area contributed by atoms with Gasteiger partial charge >= 0.3 is 0 Å². The van der Waals surface area contributed by atoms with Gasteiger partial charge in [-0.2, -0.15) is 5.26 Å². The Hall–Kier alpha value is -4.88. The van der Waals surface area contributed by atoms with Gasteiger partial charge in [-0.05, 0) is 53.4 Å². The Kier molecular flexibility index (Phi) is 4.74. The number of pyridine rings is 1. The van der Waals surface area contributed by atoms with Crippen LogP contribution >= 0.6 is 0 Å². The van der Waals surface area contributed by atoms with Gasteiger partial charge in [-0.25, -0.2) is 0 Å². The first-order valence-corrected chi connectivity index (χ1v) is 12.8. The number of nitriles is 1. The van der Waals surface area contributed by atoms with E-state index in [-0.39, 0.29) is 5.41 Å². The van der Waals surface area contributed by atoms with Crippen molar-refractivity contribution in [2.24, 2.45) is 0 Å². The molecule has 0 N–H and O–H groups in total. The van der Waals surface area contributed by atoms with Crippen LogP contribution in [0, 0.1) is 11.3 Å². The Bertz CT molecular complexity index is 2070. The van der Waals surface area contributed by atoms with Crippen LogP contribution in [-0.2, 0) is 5.41 Å². The van der Waals surface area contributed by atoms with Crippen molar-refractivity contribution in [3.05, 3.63) is 108 Å². The van der Waals surface area contributed by atoms with E-state index >= 15 is 0 Å². The quantitative estimate of drug-likeness (QED) is 0.243. The highest BCUT2D eigenvalue weighted by Crippen LogP contribution is 2.42. The summed E-state index contributed by atoms with van der Waals surface area (Å²) in [6.45, 7) is 6.67. The fraction of sp³-hybridized carbons (Fsp3) is 0.118. The molecule has 4 heteroatoms. The van der Waals surface area contributed by atoms with Crippen LogP contribution in [0.1, 0.15) is 31.9 Å². The standard InChI is InChI=1S/C34H25N3O/c1-34(2,3)22-15-17-24-23-9-4-5-13-29(23)37(30(24)19-22)31-21(20-35)14-16-26-25-10-8-11-27(32(25)38-33(26)31)28-12-6-7-18-36-28/h4-19H,1-3H3. The molecule has 0 saturated carbocycles. The maximum atomic E-state index is 10.3. The molecule has 7 rings (SSSR count). The summed E-state index contributed by atoms with van der Waals surface area (Å²) >= 11 is 0. The van der Waals surface area contributed by atoms with E-state index in [0.717, 1.165) is 55.1 Å². The van der Waals surface area contributed by atoms with Gasteiger partial charge in [0.2, 0.25) is 0 Å². The van der Waals surface area contributed by atoms with Crippen molar-refractivity contribution in [3.8, 4) is 23.0 Å². The summed E-state index contributed by atoms with van der Waals surface area (Å²) in [5, 5.41) is 14.6. The zero-order valence-corrected chi connectivity index (χ0v) is 21.5. The van der Waals surface area contributed by atoms with Gasteiger partial charge in [0.15, 0.2) is 5.58 Å². The topological polar surface area (TPSA) is 54.8 Å². The smallest absolute Gasteiger partial charge is 0.160 e. The van der Waals surface area contributed by atoms with Crippen molar-refractivity contribution in [1.29, 1.82) is 5.26 Å². The van der Waals surface area contributed by atoms with Crippen LogP contribution in [-0.4, -0.2) is 9.55 Å². The highest BCUT2D eigenvalue weighted by molar-refractivity contribution is 6.15. The summed E-state index contributed by atoms with van der Waals surface area (Å²) in [5.41, 5.74) is 7.92. The van der Waals surface area contributed by atoms with E-state index in [9.17, 15) is 5.26 Å². The molecule has 7 aromatic rings. The molecule has 0 aliphatic heterocycles. The fourth-order valence-electron chi connectivity index (χ4n) is 5.56. The lowest BCUT2D eigenvalue weighted by molar-refractivity contribution is 0.591. The van der Waals surface area contributed by atoms with Crippen molar-refractivity contribution < 1.29 is 4.42 Å². The Balaban J connectivity index is 1.65. The normalized spacial score (nSPS) is 12.1. The number of benzene rings is 4. The number of para-hydroxylation sites is 2. The molecular formula is C34H25N3O. The van der Waals surface area contributed by atoms with Crippen molar-refractivity contribution in [2.75, 3.05) is 0 Å². The van der Waals surface area contributed by atoms with Gasteiger partial charge in [0, 0.05) is 33.3 Å². The van der Waals surface area contributed by atoms with Crippen molar-refractivity contribution in [2.45, 2.75) is 26.2 Å². The fourth-order valence-corrected chi connectivity index (χ4v) is 5.56. The molecule has 0 spiro atoms. The molecule has 0 saturated heterocycles. The Morgan fingerprint density at radius 2 is 1.47 bits per heavy atom. The van der Waals surface area contributed by atoms with Crippen molar-refractivity contribution in [1.82, 2.24) is 9.55 Å². The molecule has 3 aromatic heterocycles. The third-order valence-electron chi connectivity index (χ3n) is 7.47. The molecule has 0 aliphatic rings. The molecule has 0 bridgehead atoms. The van der Waals surface area contributed by atoms with Crippen LogP contribution in [0.15, 0.2) is 102 Å². The van der Waals surface area contributed by atoms with E-state index in [0.29, 0.717) is 11.1 Å². The summed E-state index contributed by atoms with van der Waals surface area (Å²) in [6, 6.07) is 33.5. The number of hydrogen-bond donors (Lipinski definition) is 0. The van der Waals surface area contributed by atoms with Crippen molar-refractivity contribution >= 4 is 43.7 Å². The van der Waals surface area contributed by atoms with Crippen molar-refractivity contribution in [3.63, 3.8) is 0 Å². The Morgan fingerprint density at radius 1 is 0.737 bits per heavy atom. The number of hydrogen-bond acceptors (Lipinski definition) is 3. The first kappa shape index (κ1) is 22.3. The minimum Gasteiger partial charge on any atom is -0.453 e. The molecule has 0 atom stereocenters. The van der Waals surface area contributed by atoms with E-state index in [1.54, 1.807) is 6.20 Å². The average Bonchev–Trinajstić information content (AvgIpc) is 3.48. The second-order valence-electron chi connectivity index (χ2n) is 10.8. The zero-order chi connectivity index (χ0) is 26.0. The van der Waals surface area contributed by atoms with Crippen LogP contribution in [0.2, 0.25) is 0 Å². The van der Waals surface area contributed by atoms with Gasteiger partial charge in [0.25, 0.3) is 0 Å². The molecule has 4 aromatic carbocycles. The monoisotopic (exact) mass is 491 g/mol. The molecule has 0 aliphatic carbocycles. The maximum Gasteiger partial charge on any atom is 0.160 e. The van der Waals surface area contributed by atoms with Gasteiger partial charge < -0.3 is 8.98 Å². The van der Waals surface area contributed by atoms with Crippen LogP contribution in [0.5, 0.6) is 0 Å². The summed E-state index contributed by atoms with van der Waals surface area (Å²) < 4.78 is 8.93. The molecule has 0 fully saturated rings. The largest absolute Gasteiger partial charge is 0.453 e. The summed E-state index contributed by atoms with van der Waals surface area (Å²) in [4.78, 5) is 4.57. The number of nitrogens with zero attached hydrogens (tertiary/aromatic N) is 3. The predicted molar refractivity (Wildman–Crippen MR) is 155 cm³/mol. The molecule has 0 radical (unpaired) electrons. The van der Waals surface area contributed by atoms with E-state index in [4.69, 9.17) is 4.42 Å². The molecule has 38 heavy (non-hydrogen) atoms. The van der Waals surface area contributed by atoms with Gasteiger partial charge in [0.05, 0.1) is 22.3 Å². The number of rotatable bonds is 2. The first-order valence-electron chi connectivity index (χ1n) is 12.8. The number of fused-ring (bicyclic) bond motifs is 6. The predicted octanol–water partition coefficient (Wildman–Crippen LogP) is 8.91. The SMILES string of the molecule is CC(C)(C)c1ccc2c3ccccc3n(-c3c(C#N)ccc4c3oc3c(-c5ccccn5)cccc34)c2c1. The third-order valence-corrected chi connectivity index (χ3v) is 7.47. The van der Waals surface area contributed by atoms with Gasteiger partial charge in [-0.15, -0.1) is 0 Å². The van der Waals surface area contributed by atoms with E-state index in [2.05, 4.69) is 78.9 Å². The Morgan fingerprint density at radius 3 is 2.26 bits per heavy atom. The Labute approximate surface area is 220 Å². The van der Waals surface area contributed by atoms with E-state index in [1.165, 1.54) is 5.56 Å². The molecular weight excluding hydrogens is 466 g/mol. The van der Waals surface area contributed by atoms with E-state index < -0.39 is 0 Å². The lowest BCUT2D eigenvalue weighted by atomic mass is 9.86. The molecule has 0 amide bonds. The van der Waals surface area contributed by atoms with E-state index in [1.807, 2.05) is 48.5 Å².